The van der Waals surface area contributed by atoms with Crippen molar-refractivity contribution in [2.45, 2.75) is 38.3 Å². The lowest BCUT2D eigenvalue weighted by molar-refractivity contribution is 0.0680. The molecular formula is C27H33N3O3. The Hall–Kier alpha value is -2.83. The standard InChI is InChI=1S/C27H33N3O3/c1-19-15-21(29-12-11-22(17-29)28(2)3)6-9-26(19)30-13-10-20-16-23(7-8-25(20)27(30)31)33-18-24-5-4-14-32-24/h6-10,13,15-16,22,24H,4-5,11-12,14,17-18H2,1-3H3/t22-,24+/m0/s1. The van der Waals surface area contributed by atoms with E-state index in [1.54, 1.807) is 4.57 Å². The van der Waals surface area contributed by atoms with E-state index in [0.717, 1.165) is 54.9 Å². The lowest BCUT2D eigenvalue weighted by Gasteiger charge is -2.23. The molecule has 2 atom stereocenters. The van der Waals surface area contributed by atoms with Gasteiger partial charge in [-0.25, -0.2) is 0 Å². The lowest BCUT2D eigenvalue weighted by Crippen LogP contribution is -2.31. The molecule has 6 heteroatoms. The molecule has 0 amide bonds. The van der Waals surface area contributed by atoms with Gasteiger partial charge in [0.25, 0.3) is 5.56 Å². The normalized spacial score (nSPS) is 20.8. The highest BCUT2D eigenvalue weighted by Crippen LogP contribution is 2.27. The molecule has 0 radical (unpaired) electrons. The van der Waals surface area contributed by atoms with Crippen LogP contribution in [0.3, 0.4) is 0 Å². The van der Waals surface area contributed by atoms with Gasteiger partial charge in [-0.1, -0.05) is 0 Å². The Morgan fingerprint density at radius 1 is 1.12 bits per heavy atom. The lowest BCUT2D eigenvalue weighted by atomic mass is 10.1. The predicted octanol–water partition coefficient (Wildman–Crippen LogP) is 4.00. The first kappa shape index (κ1) is 22.0. The van der Waals surface area contributed by atoms with Gasteiger partial charge in [0.2, 0.25) is 0 Å². The van der Waals surface area contributed by atoms with E-state index in [9.17, 15) is 4.79 Å². The van der Waals surface area contributed by atoms with Crippen molar-refractivity contribution in [1.82, 2.24) is 9.47 Å². The average Bonchev–Trinajstić information content (AvgIpc) is 3.51. The molecule has 6 nitrogen and oxygen atoms in total. The molecule has 0 unspecified atom stereocenters. The van der Waals surface area contributed by atoms with Crippen LogP contribution >= 0.6 is 0 Å². The van der Waals surface area contributed by atoms with E-state index in [1.807, 2.05) is 30.5 Å². The zero-order valence-electron chi connectivity index (χ0n) is 19.8. The molecule has 0 N–H and O–H groups in total. The third kappa shape index (κ3) is 4.50. The summed E-state index contributed by atoms with van der Waals surface area (Å²) in [7, 11) is 4.29. The molecular weight excluding hydrogens is 414 g/mol. The number of benzene rings is 2. The maximum absolute atomic E-state index is 13.3. The fourth-order valence-corrected chi connectivity index (χ4v) is 4.97. The Bertz CT molecular complexity index is 1200. The van der Waals surface area contributed by atoms with Crippen LogP contribution in [0.15, 0.2) is 53.5 Å². The van der Waals surface area contributed by atoms with Gasteiger partial charge in [0.05, 0.1) is 11.8 Å². The Labute approximate surface area is 195 Å². The largest absolute Gasteiger partial charge is 0.491 e. The third-order valence-corrected chi connectivity index (χ3v) is 7.03. The summed E-state index contributed by atoms with van der Waals surface area (Å²) < 4.78 is 13.3. The van der Waals surface area contributed by atoms with Crippen LogP contribution in [0.25, 0.3) is 16.5 Å². The van der Waals surface area contributed by atoms with E-state index >= 15 is 0 Å². The minimum Gasteiger partial charge on any atom is -0.491 e. The van der Waals surface area contributed by atoms with E-state index in [-0.39, 0.29) is 11.7 Å². The molecule has 2 aromatic carbocycles. The van der Waals surface area contributed by atoms with Crippen LogP contribution in [0.4, 0.5) is 5.69 Å². The third-order valence-electron chi connectivity index (χ3n) is 7.03. The molecule has 2 aliphatic rings. The highest BCUT2D eigenvalue weighted by Gasteiger charge is 2.24. The fraction of sp³-hybridized carbons (Fsp3) is 0.444. The highest BCUT2D eigenvalue weighted by atomic mass is 16.5. The fourth-order valence-electron chi connectivity index (χ4n) is 4.97. The Morgan fingerprint density at radius 3 is 2.73 bits per heavy atom. The molecule has 2 aliphatic heterocycles. The summed E-state index contributed by atoms with van der Waals surface area (Å²) in [6.45, 7) is 5.56. The van der Waals surface area contributed by atoms with E-state index in [0.29, 0.717) is 18.0 Å². The van der Waals surface area contributed by atoms with Crippen molar-refractivity contribution in [2.75, 3.05) is 45.3 Å². The number of likely N-dealkylation sites (N-methyl/N-ethyl adjacent to an activating group) is 1. The van der Waals surface area contributed by atoms with Gasteiger partial charge in [0.15, 0.2) is 0 Å². The number of hydrogen-bond donors (Lipinski definition) is 0. The molecule has 33 heavy (non-hydrogen) atoms. The number of pyridine rings is 1. The number of aromatic nitrogens is 1. The topological polar surface area (TPSA) is 46.9 Å². The second kappa shape index (κ2) is 9.20. The Balaban J connectivity index is 1.37. The SMILES string of the molecule is Cc1cc(N2CC[C@H](N(C)C)C2)ccc1-n1ccc2cc(OC[C@H]3CCCO3)ccc2c1=O. The molecule has 174 valence electrons. The molecule has 2 saturated heterocycles. The highest BCUT2D eigenvalue weighted by molar-refractivity contribution is 5.83. The van der Waals surface area contributed by atoms with E-state index in [4.69, 9.17) is 9.47 Å². The van der Waals surface area contributed by atoms with Gasteiger partial charge in [-0.2, -0.15) is 0 Å². The first-order valence-electron chi connectivity index (χ1n) is 11.9. The maximum Gasteiger partial charge on any atom is 0.262 e. The van der Waals surface area contributed by atoms with Crippen LogP contribution in [-0.4, -0.2) is 62.0 Å². The first-order valence-corrected chi connectivity index (χ1v) is 11.9. The smallest absolute Gasteiger partial charge is 0.262 e. The molecule has 3 heterocycles. The Kier molecular flexibility index (Phi) is 6.13. The number of ether oxygens (including phenoxy) is 2. The molecule has 1 aromatic heterocycles. The molecule has 0 spiro atoms. The van der Waals surface area contributed by atoms with Gasteiger partial charge in [-0.3, -0.25) is 9.36 Å². The minimum atomic E-state index is -0.0112. The van der Waals surface area contributed by atoms with Crippen LogP contribution < -0.4 is 15.2 Å². The van der Waals surface area contributed by atoms with Crippen molar-refractivity contribution in [3.8, 4) is 11.4 Å². The van der Waals surface area contributed by atoms with Gasteiger partial charge >= 0.3 is 0 Å². The average molecular weight is 448 g/mol. The number of nitrogens with zero attached hydrogens (tertiary/aromatic N) is 3. The number of aryl methyl sites for hydroxylation is 1. The number of rotatable bonds is 6. The van der Waals surface area contributed by atoms with Gasteiger partial charge < -0.3 is 19.3 Å². The summed E-state index contributed by atoms with van der Waals surface area (Å²) in [4.78, 5) is 18.0. The number of hydrogen-bond acceptors (Lipinski definition) is 5. The van der Waals surface area contributed by atoms with Gasteiger partial charge in [-0.15, -0.1) is 0 Å². The number of fused-ring (bicyclic) bond motifs is 1. The van der Waals surface area contributed by atoms with E-state index in [2.05, 4.69) is 49.0 Å². The Morgan fingerprint density at radius 2 is 2.00 bits per heavy atom. The van der Waals surface area contributed by atoms with E-state index < -0.39 is 0 Å². The second-order valence-electron chi connectivity index (χ2n) is 9.51. The van der Waals surface area contributed by atoms with Crippen LogP contribution in [0.1, 0.15) is 24.8 Å². The molecule has 2 fully saturated rings. The predicted molar refractivity (Wildman–Crippen MR) is 133 cm³/mol. The molecule has 5 rings (SSSR count). The molecule has 0 bridgehead atoms. The summed E-state index contributed by atoms with van der Waals surface area (Å²) in [6, 6.07) is 14.7. The minimum absolute atomic E-state index is 0.0112. The number of anilines is 1. The van der Waals surface area contributed by atoms with Gasteiger partial charge in [0.1, 0.15) is 12.4 Å². The van der Waals surface area contributed by atoms with Crippen LogP contribution in [0, 0.1) is 6.92 Å². The summed E-state index contributed by atoms with van der Waals surface area (Å²) >= 11 is 0. The van der Waals surface area contributed by atoms with Gasteiger partial charge in [0, 0.05) is 43.0 Å². The second-order valence-corrected chi connectivity index (χ2v) is 9.51. The maximum atomic E-state index is 13.3. The van der Waals surface area contributed by atoms with Crippen molar-refractivity contribution < 1.29 is 9.47 Å². The summed E-state index contributed by atoms with van der Waals surface area (Å²) in [5, 5.41) is 1.58. The van der Waals surface area contributed by atoms with Crippen molar-refractivity contribution in [3.63, 3.8) is 0 Å². The molecule has 3 aromatic rings. The van der Waals surface area contributed by atoms with Crippen LogP contribution in [-0.2, 0) is 4.74 Å². The van der Waals surface area contributed by atoms with Crippen molar-refractivity contribution in [1.29, 1.82) is 0 Å². The molecule has 0 aliphatic carbocycles. The summed E-state index contributed by atoms with van der Waals surface area (Å²) in [6.07, 6.45) is 5.37. The monoisotopic (exact) mass is 447 g/mol. The van der Waals surface area contributed by atoms with Crippen LogP contribution in [0.2, 0.25) is 0 Å². The van der Waals surface area contributed by atoms with Crippen molar-refractivity contribution in [2.24, 2.45) is 0 Å². The van der Waals surface area contributed by atoms with Crippen molar-refractivity contribution in [3.05, 3.63) is 64.6 Å². The van der Waals surface area contributed by atoms with Crippen LogP contribution in [0.5, 0.6) is 5.75 Å². The zero-order chi connectivity index (χ0) is 22.9. The van der Waals surface area contributed by atoms with Gasteiger partial charge in [-0.05, 0) is 93.7 Å². The van der Waals surface area contributed by atoms with E-state index in [1.165, 1.54) is 12.1 Å². The zero-order valence-corrected chi connectivity index (χ0v) is 19.8. The molecule has 0 saturated carbocycles. The summed E-state index contributed by atoms with van der Waals surface area (Å²) in [5.41, 5.74) is 3.23. The summed E-state index contributed by atoms with van der Waals surface area (Å²) in [5.74, 6) is 0.775. The first-order chi connectivity index (χ1) is 16.0. The quantitative estimate of drug-likeness (QED) is 0.572. The van der Waals surface area contributed by atoms with Crippen molar-refractivity contribution >= 4 is 16.5 Å².